The highest BCUT2D eigenvalue weighted by molar-refractivity contribution is 7.09. The van der Waals surface area contributed by atoms with E-state index in [1.54, 1.807) is 20.8 Å². The van der Waals surface area contributed by atoms with Gasteiger partial charge in [0.1, 0.15) is 16.9 Å². The van der Waals surface area contributed by atoms with Gasteiger partial charge in [0.15, 0.2) is 0 Å². The summed E-state index contributed by atoms with van der Waals surface area (Å²) in [6.45, 7) is 11.2. The number of aliphatic hydroxyl groups is 2. The lowest BCUT2D eigenvalue weighted by atomic mass is 9.73. The Morgan fingerprint density at radius 3 is 2.61 bits per heavy atom. The fraction of sp³-hybridized carbons (Fsp3) is 0.741. The summed E-state index contributed by atoms with van der Waals surface area (Å²) in [4.78, 5) is 30.7. The summed E-state index contributed by atoms with van der Waals surface area (Å²) < 4.78 is 11.9. The summed E-state index contributed by atoms with van der Waals surface area (Å²) >= 11 is 1.48. The number of nitrogens with two attached hydrogens (primary N) is 1. The topological polar surface area (TPSA) is 135 Å². The number of hydrogen-bond acceptors (Lipinski definition) is 9. The van der Waals surface area contributed by atoms with Gasteiger partial charge in [-0.15, -0.1) is 11.3 Å². The number of hydrogen-bond donors (Lipinski definition) is 3. The molecule has 0 aromatic carbocycles. The Morgan fingerprint density at radius 2 is 1.97 bits per heavy atom. The molecule has 4 N–H and O–H groups in total. The van der Waals surface area contributed by atoms with E-state index in [1.807, 2.05) is 25.3 Å². The average Bonchev–Trinajstić information content (AvgIpc) is 3.23. The Hall–Kier alpha value is -1.65. The summed E-state index contributed by atoms with van der Waals surface area (Å²) in [5.41, 5.74) is 5.74. The fourth-order valence-electron chi connectivity index (χ4n) is 5.11. The molecule has 0 spiro atoms. The number of rotatable bonds is 3. The lowest BCUT2D eigenvalue weighted by Crippen LogP contribution is -2.45. The number of aliphatic hydroxyl groups excluding tert-OH is 2. The minimum atomic E-state index is -1.24. The smallest absolute Gasteiger partial charge is 0.309 e. The molecule has 0 bridgehead atoms. The highest BCUT2D eigenvalue weighted by Crippen LogP contribution is 2.45. The quantitative estimate of drug-likeness (QED) is 0.405. The van der Waals surface area contributed by atoms with E-state index < -0.39 is 35.6 Å². The monoisotopic (exact) mass is 522 g/mol. The Kier molecular flexibility index (Phi) is 9.15. The van der Waals surface area contributed by atoms with Gasteiger partial charge in [-0.25, -0.2) is 4.98 Å². The van der Waals surface area contributed by atoms with Crippen LogP contribution in [0.5, 0.6) is 0 Å². The van der Waals surface area contributed by atoms with Crippen molar-refractivity contribution in [3.05, 3.63) is 21.7 Å². The highest BCUT2D eigenvalue weighted by atomic mass is 32.1. The molecule has 9 heteroatoms. The second kappa shape index (κ2) is 11.4. The van der Waals surface area contributed by atoms with Crippen molar-refractivity contribution >= 4 is 29.2 Å². The second-order valence-corrected chi connectivity index (χ2v) is 12.3. The molecule has 3 rings (SSSR count). The van der Waals surface area contributed by atoms with Crippen LogP contribution in [0.25, 0.3) is 6.08 Å². The molecule has 1 aromatic rings. The van der Waals surface area contributed by atoms with Crippen LogP contribution in [0.3, 0.4) is 0 Å². The predicted molar refractivity (Wildman–Crippen MR) is 139 cm³/mol. The molecule has 2 saturated heterocycles. The van der Waals surface area contributed by atoms with E-state index in [9.17, 15) is 19.8 Å². The third-order valence-electron chi connectivity index (χ3n) is 8.03. The van der Waals surface area contributed by atoms with Crippen LogP contribution < -0.4 is 5.73 Å². The number of cyclic esters (lactones) is 1. The number of ketones is 1. The van der Waals surface area contributed by atoms with Gasteiger partial charge in [0.25, 0.3) is 0 Å². The Bertz CT molecular complexity index is 975. The Morgan fingerprint density at radius 1 is 1.28 bits per heavy atom. The molecule has 2 fully saturated rings. The number of ether oxygens (including phenoxy) is 2. The fourth-order valence-corrected chi connectivity index (χ4v) is 5.74. The minimum absolute atomic E-state index is 0.0660. The van der Waals surface area contributed by atoms with Crippen LogP contribution in [0, 0.1) is 17.3 Å². The molecule has 0 unspecified atom stereocenters. The zero-order valence-corrected chi connectivity index (χ0v) is 23.1. The normalized spacial score (nSPS) is 36.8. The second-order valence-electron chi connectivity index (χ2n) is 11.3. The minimum Gasteiger partial charge on any atom is -0.458 e. The number of fused-ring (bicyclic) bond motifs is 1. The summed E-state index contributed by atoms with van der Waals surface area (Å²) in [6.07, 6.45) is 1.80. The first-order valence-corrected chi connectivity index (χ1v) is 13.8. The molecule has 1 aromatic heterocycles. The Labute approximate surface area is 218 Å². The number of thiazole rings is 1. The lowest BCUT2D eigenvalue weighted by Gasteiger charge is -2.34. The summed E-state index contributed by atoms with van der Waals surface area (Å²) in [6, 6.07) is 0. The molecule has 0 radical (unpaired) electrons. The molecule has 3 heterocycles. The van der Waals surface area contributed by atoms with E-state index >= 15 is 0 Å². The van der Waals surface area contributed by atoms with Gasteiger partial charge in [-0.1, -0.05) is 34.1 Å². The number of epoxide rings is 1. The SMILES string of the molecule is CC(=Cc1csc(CN)n1)[C@@H]1C[C@@H]2O[C@@]2(C)CCC[C@H](C)[C@H](O)[C@@H](C)C(=O)C(C)(C)[C@@H](O)CC(=O)O1. The van der Waals surface area contributed by atoms with Crippen molar-refractivity contribution in [1.29, 1.82) is 0 Å². The van der Waals surface area contributed by atoms with Crippen LogP contribution in [-0.2, 0) is 25.6 Å². The van der Waals surface area contributed by atoms with E-state index in [4.69, 9.17) is 15.2 Å². The predicted octanol–water partition coefficient (Wildman–Crippen LogP) is 3.63. The van der Waals surface area contributed by atoms with E-state index in [1.165, 1.54) is 11.3 Å². The number of nitrogens with zero attached hydrogens (tertiary/aromatic N) is 1. The van der Waals surface area contributed by atoms with Crippen molar-refractivity contribution in [2.45, 2.75) is 110 Å². The highest BCUT2D eigenvalue weighted by Gasteiger charge is 2.53. The zero-order valence-electron chi connectivity index (χ0n) is 22.3. The lowest BCUT2D eigenvalue weighted by molar-refractivity contribution is -0.154. The zero-order chi connectivity index (χ0) is 26.8. The van der Waals surface area contributed by atoms with Crippen molar-refractivity contribution in [2.24, 2.45) is 23.0 Å². The van der Waals surface area contributed by atoms with E-state index in [2.05, 4.69) is 11.9 Å². The van der Waals surface area contributed by atoms with Gasteiger partial charge in [-0.3, -0.25) is 9.59 Å². The molecule has 2 aliphatic heterocycles. The molecule has 202 valence electrons. The number of Topliss-reactive ketones (excluding diaryl/α,β-unsaturated/α-hetero) is 1. The molecular weight excluding hydrogens is 480 g/mol. The third-order valence-corrected chi connectivity index (χ3v) is 8.92. The van der Waals surface area contributed by atoms with Crippen molar-refractivity contribution in [1.82, 2.24) is 4.98 Å². The maximum atomic E-state index is 13.2. The number of esters is 1. The van der Waals surface area contributed by atoms with E-state index in [-0.39, 0.29) is 29.8 Å². The van der Waals surface area contributed by atoms with Gasteiger partial charge in [-0.05, 0) is 44.3 Å². The van der Waals surface area contributed by atoms with Gasteiger partial charge in [0, 0.05) is 24.3 Å². The van der Waals surface area contributed by atoms with Gasteiger partial charge in [0.2, 0.25) is 0 Å². The molecular formula is C27H42N2O6S. The largest absolute Gasteiger partial charge is 0.458 e. The van der Waals surface area contributed by atoms with Gasteiger partial charge in [-0.2, -0.15) is 0 Å². The van der Waals surface area contributed by atoms with Crippen molar-refractivity contribution in [3.63, 3.8) is 0 Å². The molecule has 36 heavy (non-hydrogen) atoms. The van der Waals surface area contributed by atoms with Gasteiger partial charge >= 0.3 is 5.97 Å². The molecule has 8 nitrogen and oxygen atoms in total. The van der Waals surface area contributed by atoms with Gasteiger partial charge in [0.05, 0.1) is 41.4 Å². The van der Waals surface area contributed by atoms with Crippen LogP contribution >= 0.6 is 11.3 Å². The summed E-state index contributed by atoms with van der Waals surface area (Å²) in [5.74, 6) is -1.59. The first-order valence-electron chi connectivity index (χ1n) is 12.9. The molecule has 7 atom stereocenters. The Balaban J connectivity index is 1.85. The van der Waals surface area contributed by atoms with Crippen LogP contribution in [0.1, 0.15) is 84.3 Å². The first kappa shape index (κ1) is 28.9. The first-order chi connectivity index (χ1) is 16.8. The average molecular weight is 523 g/mol. The molecule has 0 saturated carbocycles. The number of carbonyl (C=O) groups excluding carboxylic acids is 2. The van der Waals surface area contributed by atoms with Crippen LogP contribution in [0.2, 0.25) is 0 Å². The number of aromatic nitrogens is 1. The van der Waals surface area contributed by atoms with Crippen LogP contribution in [-0.4, -0.2) is 57.0 Å². The van der Waals surface area contributed by atoms with Crippen molar-refractivity contribution in [3.8, 4) is 0 Å². The molecule has 0 amide bonds. The molecule has 2 aliphatic rings. The third kappa shape index (κ3) is 6.61. The standard InChI is InChI=1S/C27H42N2O6S/c1-15-8-7-9-27(6)21(35-27)11-19(16(2)10-18-14-36-22(13-28)29-18)34-23(31)12-20(30)26(4,5)25(33)17(3)24(15)32/h10,14-15,17,19-21,24,30,32H,7-9,11-13,28H2,1-6H3/t15-,17+,19-,20-,21-,24-,27-/m0/s1. The van der Waals surface area contributed by atoms with Crippen LogP contribution in [0.4, 0.5) is 0 Å². The van der Waals surface area contributed by atoms with Gasteiger partial charge < -0.3 is 25.4 Å². The van der Waals surface area contributed by atoms with E-state index in [0.29, 0.717) is 13.0 Å². The maximum Gasteiger partial charge on any atom is 0.309 e. The summed E-state index contributed by atoms with van der Waals surface area (Å²) in [5, 5.41) is 24.5. The maximum absolute atomic E-state index is 13.2. The number of carbonyl (C=O) groups is 2. The van der Waals surface area contributed by atoms with Crippen molar-refractivity contribution < 1.29 is 29.3 Å². The van der Waals surface area contributed by atoms with E-state index in [0.717, 1.165) is 35.5 Å². The van der Waals surface area contributed by atoms with Crippen LogP contribution in [0.15, 0.2) is 11.0 Å². The van der Waals surface area contributed by atoms with Crippen molar-refractivity contribution in [2.75, 3.05) is 0 Å². The molecule has 0 aliphatic carbocycles. The summed E-state index contributed by atoms with van der Waals surface area (Å²) in [7, 11) is 0.